The molecular weight excluding hydrogens is 288 g/mol. The van der Waals surface area contributed by atoms with Crippen LogP contribution in [0.1, 0.15) is 0 Å². The van der Waals surface area contributed by atoms with Gasteiger partial charge in [0.25, 0.3) is 9.05 Å². The molecule has 0 aliphatic carbocycles. The van der Waals surface area contributed by atoms with Crippen molar-refractivity contribution in [2.45, 2.75) is 4.90 Å². The van der Waals surface area contributed by atoms with E-state index < -0.39 is 9.05 Å². The van der Waals surface area contributed by atoms with Gasteiger partial charge in [-0.05, 0) is 24.3 Å². The van der Waals surface area contributed by atoms with Crippen LogP contribution >= 0.6 is 10.7 Å². The Morgan fingerprint density at radius 1 is 1.00 bits per heavy atom. The lowest BCUT2D eigenvalue weighted by atomic mass is 10.3. The lowest BCUT2D eigenvalue weighted by Gasteiger charge is -2.10. The van der Waals surface area contributed by atoms with Gasteiger partial charge in [-0.1, -0.05) is 18.2 Å². The molecule has 0 aromatic heterocycles. The predicted molar refractivity (Wildman–Crippen MR) is 72.5 cm³/mol. The molecule has 0 atom stereocenters. The van der Waals surface area contributed by atoms with Crippen LogP contribution < -0.4 is 9.47 Å². The van der Waals surface area contributed by atoms with Gasteiger partial charge < -0.3 is 9.47 Å². The SMILES string of the molecule is COc1cc(S(=O)(=O)Cl)ccc1Oc1ccccc1. The molecule has 100 valence electrons. The van der Waals surface area contributed by atoms with E-state index in [0.29, 0.717) is 17.2 Å². The predicted octanol–water partition coefficient (Wildman–Crippen LogP) is 3.42. The maximum absolute atomic E-state index is 11.2. The molecule has 0 fully saturated rings. The second-order valence-corrected chi connectivity index (χ2v) is 6.23. The van der Waals surface area contributed by atoms with Gasteiger partial charge in [0.15, 0.2) is 11.5 Å². The highest BCUT2D eigenvalue weighted by atomic mass is 35.7. The van der Waals surface area contributed by atoms with Crippen molar-refractivity contribution in [2.75, 3.05) is 7.11 Å². The summed E-state index contributed by atoms with van der Waals surface area (Å²) in [4.78, 5) is -0.0357. The molecule has 0 saturated heterocycles. The largest absolute Gasteiger partial charge is 0.493 e. The van der Waals surface area contributed by atoms with Crippen molar-refractivity contribution in [3.8, 4) is 17.2 Å². The minimum Gasteiger partial charge on any atom is -0.493 e. The monoisotopic (exact) mass is 298 g/mol. The first-order valence-electron chi connectivity index (χ1n) is 5.36. The van der Waals surface area contributed by atoms with Crippen molar-refractivity contribution >= 4 is 19.7 Å². The molecule has 2 aromatic carbocycles. The van der Waals surface area contributed by atoms with E-state index in [4.69, 9.17) is 20.2 Å². The number of hydrogen-bond acceptors (Lipinski definition) is 4. The number of benzene rings is 2. The molecule has 0 aliphatic rings. The third-order valence-electron chi connectivity index (χ3n) is 2.39. The molecule has 0 saturated carbocycles. The Hall–Kier alpha value is -1.72. The fourth-order valence-electron chi connectivity index (χ4n) is 1.50. The van der Waals surface area contributed by atoms with Crippen LogP contribution in [0.25, 0.3) is 0 Å². The number of halogens is 1. The molecular formula is C13H11ClO4S. The number of para-hydroxylation sites is 1. The van der Waals surface area contributed by atoms with E-state index in [-0.39, 0.29) is 4.90 Å². The molecule has 0 heterocycles. The summed E-state index contributed by atoms with van der Waals surface area (Å²) in [6.07, 6.45) is 0. The first kappa shape index (κ1) is 13.7. The highest BCUT2D eigenvalue weighted by molar-refractivity contribution is 8.13. The third-order valence-corrected chi connectivity index (χ3v) is 3.74. The Bertz CT molecular complexity index is 668. The van der Waals surface area contributed by atoms with E-state index in [9.17, 15) is 8.42 Å². The summed E-state index contributed by atoms with van der Waals surface area (Å²) in [7, 11) is 2.92. The first-order chi connectivity index (χ1) is 9.00. The summed E-state index contributed by atoms with van der Waals surface area (Å²) in [5, 5.41) is 0. The van der Waals surface area contributed by atoms with E-state index in [1.807, 2.05) is 18.2 Å². The summed E-state index contributed by atoms with van der Waals surface area (Å²) >= 11 is 0. The van der Waals surface area contributed by atoms with E-state index >= 15 is 0 Å². The second-order valence-electron chi connectivity index (χ2n) is 3.67. The van der Waals surface area contributed by atoms with Crippen LogP contribution in [0.3, 0.4) is 0 Å². The minimum atomic E-state index is -3.79. The van der Waals surface area contributed by atoms with E-state index in [2.05, 4.69) is 0 Å². The molecule has 19 heavy (non-hydrogen) atoms. The van der Waals surface area contributed by atoms with Gasteiger partial charge in [0, 0.05) is 16.7 Å². The Labute approximate surface area is 116 Å². The Kier molecular flexibility index (Phi) is 3.97. The van der Waals surface area contributed by atoms with Gasteiger partial charge in [-0.25, -0.2) is 8.42 Å². The van der Waals surface area contributed by atoms with Crippen LogP contribution in [0, 0.1) is 0 Å². The molecule has 2 rings (SSSR count). The normalized spacial score (nSPS) is 11.1. The fourth-order valence-corrected chi connectivity index (χ4v) is 2.27. The van der Waals surface area contributed by atoms with Crippen LogP contribution in [-0.4, -0.2) is 15.5 Å². The molecule has 0 aliphatic heterocycles. The van der Waals surface area contributed by atoms with E-state index in [1.165, 1.54) is 25.3 Å². The maximum atomic E-state index is 11.2. The summed E-state index contributed by atoms with van der Waals surface area (Å²) in [6.45, 7) is 0. The van der Waals surface area contributed by atoms with Gasteiger partial charge in [-0.3, -0.25) is 0 Å². The van der Waals surface area contributed by atoms with Gasteiger partial charge in [-0.15, -0.1) is 0 Å². The van der Waals surface area contributed by atoms with Crippen molar-refractivity contribution in [3.05, 3.63) is 48.5 Å². The smallest absolute Gasteiger partial charge is 0.261 e. The van der Waals surface area contributed by atoms with Gasteiger partial charge in [-0.2, -0.15) is 0 Å². The first-order valence-corrected chi connectivity index (χ1v) is 7.67. The number of rotatable bonds is 4. The number of methoxy groups -OCH3 is 1. The van der Waals surface area contributed by atoms with E-state index in [0.717, 1.165) is 0 Å². The lowest BCUT2D eigenvalue weighted by molar-refractivity contribution is 0.377. The van der Waals surface area contributed by atoms with Crippen molar-refractivity contribution in [1.82, 2.24) is 0 Å². The highest BCUT2D eigenvalue weighted by Crippen LogP contribution is 2.34. The molecule has 2 aromatic rings. The zero-order valence-electron chi connectivity index (χ0n) is 10.0. The Balaban J connectivity index is 2.37. The molecule has 0 spiro atoms. The average molecular weight is 299 g/mol. The van der Waals surface area contributed by atoms with Crippen molar-refractivity contribution < 1.29 is 17.9 Å². The summed E-state index contributed by atoms with van der Waals surface area (Å²) in [6, 6.07) is 13.3. The Morgan fingerprint density at radius 2 is 1.68 bits per heavy atom. The molecule has 6 heteroatoms. The molecule has 0 radical (unpaired) electrons. The molecule has 0 unspecified atom stereocenters. The summed E-state index contributed by atoms with van der Waals surface area (Å²) in [5.74, 6) is 1.34. The molecule has 0 N–H and O–H groups in total. The van der Waals surface area contributed by atoms with Crippen LogP contribution in [0.2, 0.25) is 0 Å². The van der Waals surface area contributed by atoms with Crippen molar-refractivity contribution in [3.63, 3.8) is 0 Å². The maximum Gasteiger partial charge on any atom is 0.261 e. The third kappa shape index (κ3) is 3.39. The van der Waals surface area contributed by atoms with Gasteiger partial charge >= 0.3 is 0 Å². The standard InChI is InChI=1S/C13H11ClO4S/c1-17-13-9-11(19(14,15)16)7-8-12(13)18-10-5-3-2-4-6-10/h2-9H,1H3. The fraction of sp³-hybridized carbons (Fsp3) is 0.0769. The molecule has 4 nitrogen and oxygen atoms in total. The van der Waals surface area contributed by atoms with Crippen LogP contribution in [-0.2, 0) is 9.05 Å². The highest BCUT2D eigenvalue weighted by Gasteiger charge is 2.14. The average Bonchev–Trinajstić information content (AvgIpc) is 2.39. The van der Waals surface area contributed by atoms with Gasteiger partial charge in [0.2, 0.25) is 0 Å². The minimum absolute atomic E-state index is 0.0357. The van der Waals surface area contributed by atoms with Crippen molar-refractivity contribution in [1.29, 1.82) is 0 Å². The van der Waals surface area contributed by atoms with Crippen LogP contribution in [0.4, 0.5) is 0 Å². The van der Waals surface area contributed by atoms with E-state index in [1.54, 1.807) is 12.1 Å². The molecule has 0 amide bonds. The lowest BCUT2D eigenvalue weighted by Crippen LogP contribution is -1.95. The Morgan fingerprint density at radius 3 is 2.26 bits per heavy atom. The molecule has 0 bridgehead atoms. The second kappa shape index (κ2) is 5.50. The number of hydrogen-bond donors (Lipinski definition) is 0. The van der Waals surface area contributed by atoms with Crippen molar-refractivity contribution in [2.24, 2.45) is 0 Å². The zero-order chi connectivity index (χ0) is 13.9. The van der Waals surface area contributed by atoms with Gasteiger partial charge in [0.1, 0.15) is 5.75 Å². The quantitative estimate of drug-likeness (QED) is 0.812. The van der Waals surface area contributed by atoms with Crippen LogP contribution in [0.15, 0.2) is 53.4 Å². The zero-order valence-corrected chi connectivity index (χ0v) is 11.6. The summed E-state index contributed by atoms with van der Waals surface area (Å²) < 4.78 is 33.2. The topological polar surface area (TPSA) is 52.6 Å². The summed E-state index contributed by atoms with van der Waals surface area (Å²) in [5.41, 5.74) is 0. The van der Waals surface area contributed by atoms with Gasteiger partial charge in [0.05, 0.1) is 12.0 Å². The van der Waals surface area contributed by atoms with Crippen LogP contribution in [0.5, 0.6) is 17.2 Å². The number of ether oxygens (including phenoxy) is 2.